The Balaban J connectivity index is 2.00. The van der Waals surface area contributed by atoms with Crippen molar-refractivity contribution < 1.29 is 19.7 Å². The lowest BCUT2D eigenvalue weighted by molar-refractivity contribution is -0.0900. The maximum absolute atomic E-state index is 12.9. The molecule has 1 saturated heterocycles. The zero-order valence-corrected chi connectivity index (χ0v) is 16.4. The van der Waals surface area contributed by atoms with Crippen molar-refractivity contribution >= 4 is 28.7 Å². The molecular weight excluding hydrogens is 372 g/mol. The molecule has 0 aliphatic carbocycles. The molecule has 3 rings (SSSR count). The van der Waals surface area contributed by atoms with Crippen LogP contribution in [0.5, 0.6) is 0 Å². The summed E-state index contributed by atoms with van der Waals surface area (Å²) in [6, 6.07) is 7.13. The molecule has 26 heavy (non-hydrogen) atoms. The lowest BCUT2D eigenvalue weighted by atomic mass is 9.91. The molecule has 0 saturated carbocycles. The second kappa shape index (κ2) is 8.19. The maximum atomic E-state index is 12.9. The molecule has 1 aromatic carbocycles. The molecule has 6 heteroatoms. The molecule has 2 N–H and O–H groups in total. The van der Waals surface area contributed by atoms with Crippen LogP contribution in [0.2, 0.25) is 5.02 Å². The smallest absolute Gasteiger partial charge is 0.204 e. The molecule has 1 aliphatic heterocycles. The van der Waals surface area contributed by atoms with Gasteiger partial charge >= 0.3 is 0 Å². The highest BCUT2D eigenvalue weighted by Crippen LogP contribution is 2.36. The average molecular weight is 395 g/mol. The summed E-state index contributed by atoms with van der Waals surface area (Å²) >= 11 is 7.81. The first-order valence-corrected chi connectivity index (χ1v) is 10.0. The van der Waals surface area contributed by atoms with E-state index in [1.54, 1.807) is 12.1 Å². The van der Waals surface area contributed by atoms with Crippen LogP contribution in [-0.4, -0.2) is 28.2 Å². The minimum absolute atomic E-state index is 0.0884. The van der Waals surface area contributed by atoms with E-state index in [1.165, 1.54) is 11.3 Å². The van der Waals surface area contributed by atoms with Crippen LogP contribution in [0.15, 0.2) is 24.3 Å². The van der Waals surface area contributed by atoms with Gasteiger partial charge in [-0.1, -0.05) is 18.5 Å². The van der Waals surface area contributed by atoms with Crippen molar-refractivity contribution in [1.29, 1.82) is 0 Å². The third-order valence-corrected chi connectivity index (χ3v) is 6.25. The number of ketones is 1. The van der Waals surface area contributed by atoms with Crippen molar-refractivity contribution in [1.82, 2.24) is 0 Å². The van der Waals surface area contributed by atoms with Gasteiger partial charge in [0.05, 0.1) is 34.8 Å². The molecule has 0 spiro atoms. The van der Waals surface area contributed by atoms with Crippen LogP contribution in [0, 0.1) is 0 Å². The van der Waals surface area contributed by atoms with Crippen LogP contribution in [-0.2, 0) is 17.8 Å². The van der Waals surface area contributed by atoms with Gasteiger partial charge in [-0.15, -0.1) is 11.3 Å². The van der Waals surface area contributed by atoms with E-state index in [2.05, 4.69) is 0 Å². The van der Waals surface area contributed by atoms with E-state index in [0.29, 0.717) is 33.9 Å². The topological polar surface area (TPSA) is 66.8 Å². The average Bonchev–Trinajstić information content (AvgIpc) is 3.09. The minimum atomic E-state index is -0.463. The molecule has 1 aromatic heterocycles. The Morgan fingerprint density at radius 1 is 1.35 bits per heavy atom. The van der Waals surface area contributed by atoms with Crippen LogP contribution in [0.4, 0.5) is 0 Å². The summed E-state index contributed by atoms with van der Waals surface area (Å²) in [7, 11) is 0. The van der Waals surface area contributed by atoms with Gasteiger partial charge in [0.15, 0.2) is 0 Å². The minimum Gasteiger partial charge on any atom is -0.393 e. The number of carbonyl (C=O) groups is 1. The van der Waals surface area contributed by atoms with Crippen LogP contribution in [0.3, 0.4) is 0 Å². The number of hydrogen-bond acceptors (Lipinski definition) is 5. The predicted octanol–water partition coefficient (Wildman–Crippen LogP) is 4.29. The lowest BCUT2D eigenvalue weighted by Crippen LogP contribution is -2.30. The maximum Gasteiger partial charge on any atom is 0.204 e. The number of halogens is 1. The molecule has 3 unspecified atom stereocenters. The highest BCUT2D eigenvalue weighted by atomic mass is 35.5. The Kier molecular flexibility index (Phi) is 6.15. The second-order valence-corrected chi connectivity index (χ2v) is 8.27. The number of thiophene rings is 1. The molecular formula is C20H23ClO4S. The number of carbonyl (C=O) groups excluding carboxylic acids is 1. The van der Waals surface area contributed by atoms with Gasteiger partial charge in [0.1, 0.15) is 0 Å². The third-order valence-electron chi connectivity index (χ3n) is 4.71. The fourth-order valence-electron chi connectivity index (χ4n) is 3.38. The summed E-state index contributed by atoms with van der Waals surface area (Å²) in [5.41, 5.74) is 1.75. The van der Waals surface area contributed by atoms with Gasteiger partial charge in [-0.2, -0.15) is 0 Å². The molecule has 2 aromatic rings. The van der Waals surface area contributed by atoms with Crippen molar-refractivity contribution in [2.45, 2.75) is 58.0 Å². The number of hydrogen-bond donors (Lipinski definition) is 2. The summed E-state index contributed by atoms with van der Waals surface area (Å²) in [6.45, 7) is 3.76. The van der Waals surface area contributed by atoms with Gasteiger partial charge < -0.3 is 14.9 Å². The van der Waals surface area contributed by atoms with Gasteiger partial charge in [0.2, 0.25) is 5.78 Å². The van der Waals surface area contributed by atoms with Crippen LogP contribution in [0.1, 0.15) is 64.0 Å². The first kappa shape index (κ1) is 19.5. The van der Waals surface area contributed by atoms with Crippen LogP contribution >= 0.6 is 22.9 Å². The van der Waals surface area contributed by atoms with E-state index >= 15 is 0 Å². The Hall–Kier alpha value is -1.24. The molecule has 3 atom stereocenters. The Labute approximate surface area is 162 Å². The zero-order chi connectivity index (χ0) is 18.8. The van der Waals surface area contributed by atoms with Gasteiger partial charge in [-0.25, -0.2) is 0 Å². The van der Waals surface area contributed by atoms with E-state index in [9.17, 15) is 15.0 Å². The molecule has 0 radical (unpaired) electrons. The monoisotopic (exact) mass is 394 g/mol. The highest BCUT2D eigenvalue weighted by molar-refractivity contribution is 7.14. The molecule has 140 valence electrons. The largest absolute Gasteiger partial charge is 0.393 e. The molecule has 2 heterocycles. The van der Waals surface area contributed by atoms with E-state index in [4.69, 9.17) is 16.3 Å². The second-order valence-electron chi connectivity index (χ2n) is 6.70. The summed E-state index contributed by atoms with van der Waals surface area (Å²) in [6.07, 6.45) is 0.982. The standard InChI is InChI=1S/C20H23ClO4S/c1-3-14-4-5-19(26-14)20(24)16-9-15(12(10-22)7-17(16)21)18-8-13(23)6-11(2)25-18/h4-5,7,9,11,13,18,22-23H,3,6,8,10H2,1-2H3. The summed E-state index contributed by atoms with van der Waals surface area (Å²) in [4.78, 5) is 14.7. The van der Waals surface area contributed by atoms with E-state index in [-0.39, 0.29) is 24.6 Å². The van der Waals surface area contributed by atoms with Crippen LogP contribution in [0.25, 0.3) is 0 Å². The first-order valence-electron chi connectivity index (χ1n) is 8.83. The lowest BCUT2D eigenvalue weighted by Gasteiger charge is -2.32. The Bertz CT molecular complexity index is 791. The predicted molar refractivity (Wildman–Crippen MR) is 103 cm³/mol. The number of benzene rings is 1. The number of ether oxygens (including phenoxy) is 1. The molecule has 4 nitrogen and oxygen atoms in total. The fourth-order valence-corrected chi connectivity index (χ4v) is 4.56. The summed E-state index contributed by atoms with van der Waals surface area (Å²) in [5, 5.41) is 20.1. The molecule has 1 fully saturated rings. The van der Waals surface area contributed by atoms with Crippen LogP contribution < -0.4 is 0 Å². The Morgan fingerprint density at radius 3 is 2.73 bits per heavy atom. The highest BCUT2D eigenvalue weighted by Gasteiger charge is 2.30. The Morgan fingerprint density at radius 2 is 2.12 bits per heavy atom. The van der Waals surface area contributed by atoms with Gasteiger partial charge in [-0.3, -0.25) is 4.79 Å². The van der Waals surface area contributed by atoms with Gasteiger partial charge in [-0.05, 0) is 55.2 Å². The van der Waals surface area contributed by atoms with Gasteiger partial charge in [0.25, 0.3) is 0 Å². The van der Waals surface area contributed by atoms with E-state index < -0.39 is 6.10 Å². The number of aliphatic hydroxyl groups excluding tert-OH is 2. The van der Waals surface area contributed by atoms with Crippen molar-refractivity contribution in [2.24, 2.45) is 0 Å². The molecule has 0 amide bonds. The normalized spacial score (nSPS) is 23.2. The van der Waals surface area contributed by atoms with Crippen molar-refractivity contribution in [3.8, 4) is 0 Å². The van der Waals surface area contributed by atoms with Crippen molar-refractivity contribution in [2.75, 3.05) is 0 Å². The molecule has 1 aliphatic rings. The quantitative estimate of drug-likeness (QED) is 0.742. The van der Waals surface area contributed by atoms with Gasteiger partial charge in [0, 0.05) is 16.9 Å². The number of rotatable bonds is 5. The number of aryl methyl sites for hydroxylation is 1. The van der Waals surface area contributed by atoms with E-state index in [1.807, 2.05) is 26.0 Å². The van der Waals surface area contributed by atoms with Crippen molar-refractivity contribution in [3.63, 3.8) is 0 Å². The van der Waals surface area contributed by atoms with Crippen molar-refractivity contribution in [3.05, 3.63) is 55.7 Å². The number of aliphatic hydroxyl groups is 2. The SMILES string of the molecule is CCc1ccc(C(=O)c2cc(C3CC(O)CC(C)O3)c(CO)cc2Cl)s1. The summed E-state index contributed by atoms with van der Waals surface area (Å²) in [5.74, 6) is -0.130. The summed E-state index contributed by atoms with van der Waals surface area (Å²) < 4.78 is 5.96. The fraction of sp³-hybridized carbons (Fsp3) is 0.450. The zero-order valence-electron chi connectivity index (χ0n) is 14.9. The third kappa shape index (κ3) is 4.02. The molecule has 0 bridgehead atoms. The first-order chi connectivity index (χ1) is 12.4. The van der Waals surface area contributed by atoms with E-state index in [0.717, 1.165) is 16.9 Å².